The van der Waals surface area contributed by atoms with Crippen molar-refractivity contribution in [3.63, 3.8) is 0 Å². The molecule has 0 saturated carbocycles. The lowest BCUT2D eigenvalue weighted by Crippen LogP contribution is -2.39. The number of anilines is 1. The van der Waals surface area contributed by atoms with Crippen molar-refractivity contribution in [3.05, 3.63) is 101 Å². The monoisotopic (exact) mass is 803 g/mol. The molecule has 0 radical (unpaired) electrons. The smallest absolute Gasteiger partial charge is 0.305 e. The predicted octanol–water partition coefficient (Wildman–Crippen LogP) is 5.83. The summed E-state index contributed by atoms with van der Waals surface area (Å²) in [4.78, 5) is 43.5. The van der Waals surface area contributed by atoms with Gasteiger partial charge in [-0.05, 0) is 52.6 Å². The topological polar surface area (TPSA) is 215 Å². The van der Waals surface area contributed by atoms with Gasteiger partial charge in [0.1, 0.15) is 24.0 Å². The number of nitrogens with one attached hydrogen (secondary N) is 3. The van der Waals surface area contributed by atoms with E-state index in [9.17, 15) is 23.9 Å². The first-order chi connectivity index (χ1) is 28.3. The number of pyridine rings is 1. The van der Waals surface area contributed by atoms with Gasteiger partial charge >= 0.3 is 5.97 Å². The number of rotatable bonds is 29. The molecule has 0 aliphatic rings. The minimum absolute atomic E-state index is 0.193. The van der Waals surface area contributed by atoms with Gasteiger partial charge in [-0.3, -0.25) is 14.4 Å². The fourth-order valence-electron chi connectivity index (χ4n) is 5.73. The van der Waals surface area contributed by atoms with Gasteiger partial charge in [0.05, 0.1) is 71.9 Å². The van der Waals surface area contributed by atoms with Crippen LogP contribution in [0.4, 0.5) is 10.2 Å². The highest BCUT2D eigenvalue weighted by atomic mass is 19.1. The summed E-state index contributed by atoms with van der Waals surface area (Å²) < 4.78 is 41.2. The van der Waals surface area contributed by atoms with E-state index < -0.39 is 17.9 Å². The van der Waals surface area contributed by atoms with Crippen molar-refractivity contribution < 1.29 is 47.6 Å². The lowest BCUT2D eigenvalue weighted by molar-refractivity contribution is -0.138. The number of unbranched alkanes of at least 4 members (excludes halogenated alkanes) is 1. The van der Waals surface area contributed by atoms with Crippen LogP contribution >= 0.6 is 0 Å². The van der Waals surface area contributed by atoms with Crippen LogP contribution in [0.1, 0.15) is 37.3 Å². The second-order valence-electron chi connectivity index (χ2n) is 12.8. The summed E-state index contributed by atoms with van der Waals surface area (Å²) in [6.45, 7) is 4.14. The number of amides is 2. The first kappa shape index (κ1) is 44.9. The Kier molecular flexibility index (Phi) is 20.2. The molecule has 4 N–H and O–H groups in total. The number of hydrogen-bond acceptors (Lipinski definition) is 11. The number of aromatic nitrogens is 1. The van der Waals surface area contributed by atoms with Gasteiger partial charge in [-0.25, -0.2) is 9.37 Å². The van der Waals surface area contributed by atoms with Crippen molar-refractivity contribution in [1.82, 2.24) is 15.6 Å². The number of carboxylic acid groups (broad SMARTS) is 1. The summed E-state index contributed by atoms with van der Waals surface area (Å²) in [5.74, 6) is -1.17. The number of ether oxygens (including phenoxy) is 5. The van der Waals surface area contributed by atoms with E-state index in [0.717, 1.165) is 21.9 Å². The number of carbonyl (C=O) groups is 3. The van der Waals surface area contributed by atoms with Gasteiger partial charge in [-0.15, -0.1) is 0 Å². The van der Waals surface area contributed by atoms with E-state index in [4.69, 9.17) is 29.2 Å². The predicted molar refractivity (Wildman–Crippen MR) is 215 cm³/mol. The Morgan fingerprint density at radius 1 is 0.810 bits per heavy atom. The number of halogens is 1. The first-order valence-corrected chi connectivity index (χ1v) is 19.0. The fraction of sp³-hybridized carbons (Fsp3) is 0.415. The average Bonchev–Trinajstić information content (AvgIpc) is 3.22. The lowest BCUT2D eigenvalue weighted by atomic mass is 9.95. The van der Waals surface area contributed by atoms with Crippen LogP contribution < -0.4 is 20.7 Å². The van der Waals surface area contributed by atoms with E-state index in [2.05, 4.69) is 31.0 Å². The van der Waals surface area contributed by atoms with Gasteiger partial charge in [0.15, 0.2) is 0 Å². The molecule has 1 aromatic heterocycles. The normalized spacial score (nSPS) is 11.4. The van der Waals surface area contributed by atoms with Crippen molar-refractivity contribution >= 4 is 34.4 Å². The number of fused-ring (bicyclic) bond motifs is 1. The number of carbonyl (C=O) groups excluding carboxylic acids is 2. The number of azide groups is 1. The Bertz CT molecular complexity index is 1930. The van der Waals surface area contributed by atoms with E-state index in [-0.39, 0.29) is 31.1 Å². The minimum atomic E-state index is -1.08. The van der Waals surface area contributed by atoms with Crippen molar-refractivity contribution in [2.24, 2.45) is 5.11 Å². The number of hydrogen-bond donors (Lipinski definition) is 4. The van der Waals surface area contributed by atoms with E-state index in [1.807, 2.05) is 48.5 Å². The average molecular weight is 804 g/mol. The summed E-state index contributed by atoms with van der Waals surface area (Å²) in [6, 6.07) is 20.8. The Labute approximate surface area is 336 Å². The van der Waals surface area contributed by atoms with Crippen LogP contribution in [-0.2, 0) is 33.3 Å². The molecule has 0 bridgehead atoms. The van der Waals surface area contributed by atoms with E-state index in [0.29, 0.717) is 103 Å². The molecule has 310 valence electrons. The molecule has 3 aromatic carbocycles. The fourth-order valence-corrected chi connectivity index (χ4v) is 5.73. The summed E-state index contributed by atoms with van der Waals surface area (Å²) in [5.41, 5.74) is 10.7. The lowest BCUT2D eigenvalue weighted by Gasteiger charge is -2.19. The zero-order chi connectivity index (χ0) is 41.2. The van der Waals surface area contributed by atoms with E-state index >= 15 is 0 Å². The largest absolute Gasteiger partial charge is 0.491 e. The highest BCUT2D eigenvalue weighted by Crippen LogP contribution is 2.35. The molecule has 17 heteroatoms. The van der Waals surface area contributed by atoms with Crippen LogP contribution in [0.25, 0.3) is 32.3 Å². The summed E-state index contributed by atoms with van der Waals surface area (Å²) >= 11 is 0. The second-order valence-corrected chi connectivity index (χ2v) is 12.8. The van der Waals surface area contributed by atoms with Gasteiger partial charge in [0.25, 0.3) is 0 Å². The Balaban J connectivity index is 1.18. The van der Waals surface area contributed by atoms with Crippen molar-refractivity contribution in [2.45, 2.75) is 31.7 Å². The maximum atomic E-state index is 13.3. The summed E-state index contributed by atoms with van der Waals surface area (Å²) in [5, 5.41) is 23.2. The molecular weight excluding hydrogens is 753 g/mol. The standard InChI is InChI=1S/C41H50FN7O9/c42-32-14-16-45-38(27-32)44-15-4-3-7-39(50)46-29-40(51)48-36(28-41(52)53)31-10-8-30(9-11-31)33-12-13-37(35-6-2-1-5-34(33)35)58-26-25-57-24-23-56-22-21-55-20-19-54-18-17-47-49-43/h1-2,5-6,8-14,16,27,36H,3-4,7,15,17-26,28-29H2,(H,44,45)(H,46,50)(H,48,51)(H,52,53)/t36-/m0/s1. The van der Waals surface area contributed by atoms with Crippen LogP contribution in [-0.4, -0.2) is 107 Å². The molecule has 0 aliphatic heterocycles. The van der Waals surface area contributed by atoms with Gasteiger partial charge in [-0.2, -0.15) is 0 Å². The molecule has 0 spiro atoms. The maximum absolute atomic E-state index is 13.3. The molecule has 4 aromatic rings. The summed E-state index contributed by atoms with van der Waals surface area (Å²) in [6.07, 6.45) is 2.40. The molecule has 16 nitrogen and oxygen atoms in total. The first-order valence-electron chi connectivity index (χ1n) is 19.0. The molecular formula is C41H50FN7O9. The quantitative estimate of drug-likeness (QED) is 0.0222. The highest BCUT2D eigenvalue weighted by molar-refractivity contribution is 6.00. The molecule has 0 fully saturated rings. The third kappa shape index (κ3) is 16.7. The molecule has 58 heavy (non-hydrogen) atoms. The zero-order valence-electron chi connectivity index (χ0n) is 32.3. The second kappa shape index (κ2) is 26.1. The third-order valence-corrected chi connectivity index (χ3v) is 8.53. The van der Waals surface area contributed by atoms with E-state index in [1.54, 1.807) is 12.1 Å². The maximum Gasteiger partial charge on any atom is 0.305 e. The van der Waals surface area contributed by atoms with Crippen LogP contribution in [0.3, 0.4) is 0 Å². The van der Waals surface area contributed by atoms with Crippen molar-refractivity contribution in [1.29, 1.82) is 0 Å². The number of nitrogens with zero attached hydrogens (tertiary/aromatic N) is 4. The van der Waals surface area contributed by atoms with Crippen LogP contribution in [0.5, 0.6) is 5.75 Å². The van der Waals surface area contributed by atoms with Crippen LogP contribution in [0.15, 0.2) is 84.1 Å². The molecule has 4 rings (SSSR count). The van der Waals surface area contributed by atoms with Gasteiger partial charge in [0.2, 0.25) is 11.8 Å². The molecule has 0 aliphatic carbocycles. The number of benzene rings is 3. The minimum Gasteiger partial charge on any atom is -0.491 e. The Morgan fingerprint density at radius 2 is 1.48 bits per heavy atom. The van der Waals surface area contributed by atoms with Gasteiger partial charge in [-0.1, -0.05) is 59.7 Å². The Hall–Kier alpha value is -5.84. The van der Waals surface area contributed by atoms with E-state index in [1.165, 1.54) is 18.3 Å². The summed E-state index contributed by atoms with van der Waals surface area (Å²) in [7, 11) is 0. The zero-order valence-corrected chi connectivity index (χ0v) is 32.3. The number of carboxylic acids is 1. The molecule has 1 atom stereocenters. The highest BCUT2D eigenvalue weighted by Gasteiger charge is 2.19. The molecule has 0 saturated heterocycles. The van der Waals surface area contributed by atoms with Crippen LogP contribution in [0, 0.1) is 5.82 Å². The molecule has 1 heterocycles. The van der Waals surface area contributed by atoms with Gasteiger partial charge < -0.3 is 44.7 Å². The Morgan fingerprint density at radius 3 is 2.16 bits per heavy atom. The van der Waals surface area contributed by atoms with Crippen molar-refractivity contribution in [3.8, 4) is 16.9 Å². The van der Waals surface area contributed by atoms with Crippen molar-refractivity contribution in [2.75, 3.05) is 84.4 Å². The molecule has 2 amide bonds. The van der Waals surface area contributed by atoms with Crippen LogP contribution in [0.2, 0.25) is 0 Å². The molecule has 0 unspecified atom stereocenters. The number of aliphatic carboxylic acids is 1. The third-order valence-electron chi connectivity index (χ3n) is 8.53. The van der Waals surface area contributed by atoms with Gasteiger partial charge in [0, 0.05) is 42.1 Å². The SMILES string of the molecule is [N-]=[N+]=NCCOCCOCCOCCOCCOc1ccc(-c2ccc([C@H](CC(=O)O)NC(=O)CNC(=O)CCCCNc3cc(F)ccn3)cc2)c2ccccc12.